The Bertz CT molecular complexity index is 819. The topological polar surface area (TPSA) is 84.9 Å². The molecule has 144 valence electrons. The van der Waals surface area contributed by atoms with Crippen molar-refractivity contribution in [1.29, 1.82) is 0 Å². The van der Waals surface area contributed by atoms with Gasteiger partial charge in [0.05, 0.1) is 6.10 Å². The maximum absolute atomic E-state index is 12.4. The summed E-state index contributed by atoms with van der Waals surface area (Å²) < 4.78 is 11.2. The third-order valence-corrected chi connectivity index (χ3v) is 4.97. The van der Waals surface area contributed by atoms with Gasteiger partial charge in [-0.3, -0.25) is 4.79 Å². The van der Waals surface area contributed by atoms with Gasteiger partial charge in [-0.2, -0.15) is 0 Å². The number of benzene rings is 2. The number of aliphatic carboxylic acids is 1. The number of fused-ring (bicyclic) bond motifs is 1. The molecule has 1 aliphatic rings. The summed E-state index contributed by atoms with van der Waals surface area (Å²) in [4.78, 5) is 23.1. The average molecular weight is 371 g/mol. The van der Waals surface area contributed by atoms with Gasteiger partial charge in [-0.05, 0) is 30.9 Å². The SMILES string of the molecule is CC1CCCCC1OCC(=O)Nc1ccc(OCC(=O)O)c2ccccc12. The van der Waals surface area contributed by atoms with Crippen LogP contribution in [0.15, 0.2) is 36.4 Å². The standard InChI is InChI=1S/C21H25NO5/c1-14-6-2-5-9-18(14)26-12-20(23)22-17-10-11-19(27-13-21(24)25)16-8-4-3-7-15(16)17/h3-4,7-8,10-11,14,18H,2,5-6,9,12-13H2,1H3,(H,22,23)(H,24,25). The quantitative estimate of drug-likeness (QED) is 0.772. The van der Waals surface area contributed by atoms with Crippen LogP contribution in [0.2, 0.25) is 0 Å². The fourth-order valence-corrected chi connectivity index (χ4v) is 3.54. The lowest BCUT2D eigenvalue weighted by Crippen LogP contribution is -2.29. The first-order valence-electron chi connectivity index (χ1n) is 9.32. The van der Waals surface area contributed by atoms with Gasteiger partial charge in [0.2, 0.25) is 5.91 Å². The van der Waals surface area contributed by atoms with Crippen LogP contribution < -0.4 is 10.1 Å². The maximum Gasteiger partial charge on any atom is 0.341 e. The van der Waals surface area contributed by atoms with Crippen LogP contribution in [0.25, 0.3) is 10.8 Å². The predicted octanol–water partition coefficient (Wildman–Crippen LogP) is 3.84. The van der Waals surface area contributed by atoms with Gasteiger partial charge in [0.15, 0.2) is 6.61 Å². The fourth-order valence-electron chi connectivity index (χ4n) is 3.54. The summed E-state index contributed by atoms with van der Waals surface area (Å²) in [6.45, 7) is 1.79. The summed E-state index contributed by atoms with van der Waals surface area (Å²) in [7, 11) is 0. The van der Waals surface area contributed by atoms with Crippen LogP contribution in [0.3, 0.4) is 0 Å². The van der Waals surface area contributed by atoms with Crippen LogP contribution >= 0.6 is 0 Å². The van der Waals surface area contributed by atoms with Crippen molar-refractivity contribution in [1.82, 2.24) is 0 Å². The number of carbonyl (C=O) groups is 2. The number of carbonyl (C=O) groups excluding carboxylic acids is 1. The van der Waals surface area contributed by atoms with Gasteiger partial charge in [0.1, 0.15) is 12.4 Å². The summed E-state index contributed by atoms with van der Waals surface area (Å²) in [5.74, 6) is -0.279. The van der Waals surface area contributed by atoms with E-state index in [1.54, 1.807) is 12.1 Å². The number of carboxylic acids is 1. The van der Waals surface area contributed by atoms with E-state index in [-0.39, 0.29) is 18.6 Å². The molecule has 2 N–H and O–H groups in total. The molecule has 2 atom stereocenters. The van der Waals surface area contributed by atoms with E-state index in [4.69, 9.17) is 14.6 Å². The molecule has 2 unspecified atom stereocenters. The molecule has 2 aromatic carbocycles. The Balaban J connectivity index is 1.68. The van der Waals surface area contributed by atoms with E-state index >= 15 is 0 Å². The van der Waals surface area contributed by atoms with E-state index in [0.717, 1.165) is 30.0 Å². The van der Waals surface area contributed by atoms with Gasteiger partial charge in [-0.1, -0.05) is 44.0 Å². The molecule has 0 spiro atoms. The second-order valence-corrected chi connectivity index (χ2v) is 7.00. The second kappa shape index (κ2) is 8.86. The molecule has 0 aromatic heterocycles. The molecular formula is C21H25NO5. The molecule has 0 radical (unpaired) electrons. The molecule has 1 aliphatic carbocycles. The normalized spacial score (nSPS) is 19.6. The summed E-state index contributed by atoms with van der Waals surface area (Å²) in [5.41, 5.74) is 0.651. The predicted molar refractivity (Wildman–Crippen MR) is 103 cm³/mol. The number of carboxylic acid groups (broad SMARTS) is 1. The van der Waals surface area contributed by atoms with E-state index in [1.807, 2.05) is 24.3 Å². The van der Waals surface area contributed by atoms with E-state index in [9.17, 15) is 9.59 Å². The monoisotopic (exact) mass is 371 g/mol. The highest BCUT2D eigenvalue weighted by Crippen LogP contribution is 2.32. The van der Waals surface area contributed by atoms with Crippen molar-refractivity contribution in [3.8, 4) is 5.75 Å². The van der Waals surface area contributed by atoms with Gasteiger partial charge in [-0.15, -0.1) is 0 Å². The van der Waals surface area contributed by atoms with E-state index in [0.29, 0.717) is 17.4 Å². The zero-order chi connectivity index (χ0) is 19.2. The Kier molecular flexibility index (Phi) is 6.29. The first-order chi connectivity index (χ1) is 13.0. The minimum absolute atomic E-state index is 0.0284. The molecule has 0 bridgehead atoms. The van der Waals surface area contributed by atoms with Gasteiger partial charge < -0.3 is 19.9 Å². The van der Waals surface area contributed by atoms with Gasteiger partial charge >= 0.3 is 5.97 Å². The molecule has 1 fully saturated rings. The Hall–Kier alpha value is -2.60. The summed E-state index contributed by atoms with van der Waals surface area (Å²) in [5, 5.41) is 13.2. The van der Waals surface area contributed by atoms with Gasteiger partial charge in [0.25, 0.3) is 0 Å². The largest absolute Gasteiger partial charge is 0.481 e. The Morgan fingerprint density at radius 2 is 1.81 bits per heavy atom. The molecule has 0 aliphatic heterocycles. The Labute approximate surface area is 158 Å². The molecule has 1 saturated carbocycles. The molecule has 3 rings (SSSR count). The molecule has 6 heteroatoms. The molecule has 0 saturated heterocycles. The second-order valence-electron chi connectivity index (χ2n) is 7.00. The van der Waals surface area contributed by atoms with E-state index in [2.05, 4.69) is 12.2 Å². The van der Waals surface area contributed by atoms with Crippen molar-refractivity contribution in [3.05, 3.63) is 36.4 Å². The van der Waals surface area contributed by atoms with Crippen LogP contribution in [-0.4, -0.2) is 36.3 Å². The maximum atomic E-state index is 12.4. The minimum Gasteiger partial charge on any atom is -0.481 e. The molecule has 27 heavy (non-hydrogen) atoms. The fraction of sp³-hybridized carbons (Fsp3) is 0.429. The number of hydrogen-bond donors (Lipinski definition) is 2. The van der Waals surface area contributed by atoms with Crippen molar-refractivity contribution in [2.24, 2.45) is 5.92 Å². The first-order valence-corrected chi connectivity index (χ1v) is 9.32. The third kappa shape index (κ3) is 4.98. The van der Waals surface area contributed by atoms with Crippen molar-refractivity contribution >= 4 is 28.3 Å². The van der Waals surface area contributed by atoms with Gasteiger partial charge in [0, 0.05) is 16.5 Å². The Morgan fingerprint density at radius 3 is 2.56 bits per heavy atom. The highest BCUT2D eigenvalue weighted by molar-refractivity contribution is 6.04. The van der Waals surface area contributed by atoms with Crippen LogP contribution in [0.5, 0.6) is 5.75 Å². The number of hydrogen-bond acceptors (Lipinski definition) is 4. The average Bonchev–Trinajstić information content (AvgIpc) is 2.66. The van der Waals surface area contributed by atoms with Gasteiger partial charge in [-0.25, -0.2) is 4.79 Å². The third-order valence-electron chi connectivity index (χ3n) is 4.97. The zero-order valence-corrected chi connectivity index (χ0v) is 15.4. The van der Waals surface area contributed by atoms with Crippen LogP contribution in [0, 0.1) is 5.92 Å². The summed E-state index contributed by atoms with van der Waals surface area (Å²) in [6.07, 6.45) is 4.68. The molecule has 6 nitrogen and oxygen atoms in total. The smallest absolute Gasteiger partial charge is 0.341 e. The van der Waals surface area contributed by atoms with Crippen LogP contribution in [0.1, 0.15) is 32.6 Å². The van der Waals surface area contributed by atoms with E-state index in [1.165, 1.54) is 6.42 Å². The van der Waals surface area contributed by atoms with Crippen LogP contribution in [-0.2, 0) is 14.3 Å². The number of nitrogens with one attached hydrogen (secondary N) is 1. The molecule has 2 aromatic rings. The van der Waals surface area contributed by atoms with Crippen molar-refractivity contribution in [2.45, 2.75) is 38.7 Å². The highest BCUT2D eigenvalue weighted by atomic mass is 16.5. The number of anilines is 1. The van der Waals surface area contributed by atoms with Crippen molar-refractivity contribution in [3.63, 3.8) is 0 Å². The lowest BCUT2D eigenvalue weighted by molar-refractivity contribution is -0.139. The first kappa shape index (κ1) is 19.2. The number of rotatable bonds is 7. The highest BCUT2D eigenvalue weighted by Gasteiger charge is 2.22. The number of ether oxygens (including phenoxy) is 2. The minimum atomic E-state index is -1.04. The lowest BCUT2D eigenvalue weighted by Gasteiger charge is -2.28. The number of amides is 1. The van der Waals surface area contributed by atoms with Crippen molar-refractivity contribution < 1.29 is 24.2 Å². The van der Waals surface area contributed by atoms with Crippen molar-refractivity contribution in [2.75, 3.05) is 18.5 Å². The van der Waals surface area contributed by atoms with Crippen LogP contribution in [0.4, 0.5) is 5.69 Å². The summed E-state index contributed by atoms with van der Waals surface area (Å²) in [6, 6.07) is 10.8. The lowest BCUT2D eigenvalue weighted by atomic mass is 9.88. The molecule has 1 amide bonds. The molecular weight excluding hydrogens is 346 g/mol. The summed E-state index contributed by atoms with van der Waals surface area (Å²) >= 11 is 0. The molecule has 0 heterocycles. The zero-order valence-electron chi connectivity index (χ0n) is 15.4. The van der Waals surface area contributed by atoms with E-state index < -0.39 is 12.6 Å². The Morgan fingerprint density at radius 1 is 1.07 bits per heavy atom.